The summed E-state index contributed by atoms with van der Waals surface area (Å²) in [4.78, 5) is 12.1. The highest BCUT2D eigenvalue weighted by molar-refractivity contribution is 5.95. The Morgan fingerprint density at radius 3 is 2.36 bits per heavy atom. The van der Waals surface area contributed by atoms with Gasteiger partial charge in [-0.15, -0.1) is 0 Å². The minimum absolute atomic E-state index is 0.0585. The molecule has 22 heavy (non-hydrogen) atoms. The molecule has 0 saturated heterocycles. The molecule has 0 fully saturated rings. The third-order valence-electron chi connectivity index (χ3n) is 3.11. The molecule has 0 radical (unpaired) electrons. The van der Waals surface area contributed by atoms with Crippen LogP contribution >= 0.6 is 0 Å². The molecule has 0 heterocycles. The highest BCUT2D eigenvalue weighted by atomic mass is 16.5. The van der Waals surface area contributed by atoms with E-state index in [0.717, 1.165) is 11.3 Å². The number of carbonyl (C=O) groups excluding carboxylic acids is 1. The smallest absolute Gasteiger partial charge is 0.243 e. The maximum absolute atomic E-state index is 12.1. The fraction of sp³-hybridized carbons (Fsp3) is 0.278. The summed E-state index contributed by atoms with van der Waals surface area (Å²) in [6.45, 7) is 6.13. The molecule has 4 heteroatoms. The predicted molar refractivity (Wildman–Crippen MR) is 90.5 cm³/mol. The van der Waals surface area contributed by atoms with Crippen LogP contribution in [0.2, 0.25) is 0 Å². The summed E-state index contributed by atoms with van der Waals surface area (Å²) in [5.41, 5.74) is 2.76. The summed E-state index contributed by atoms with van der Waals surface area (Å²) < 4.78 is 5.69. The zero-order chi connectivity index (χ0) is 15.9. The van der Waals surface area contributed by atoms with Gasteiger partial charge < -0.3 is 15.4 Å². The Labute approximate surface area is 131 Å². The Bertz CT molecular complexity index is 638. The lowest BCUT2D eigenvalue weighted by molar-refractivity contribution is -0.114. The quantitative estimate of drug-likeness (QED) is 0.852. The van der Waals surface area contributed by atoms with Gasteiger partial charge in [-0.2, -0.15) is 0 Å². The SMILES string of the molecule is Cc1ccccc1NCC(=O)Nc1ccccc1OC(C)C. The second-order valence-corrected chi connectivity index (χ2v) is 5.38. The molecule has 0 unspecified atom stereocenters. The number of anilines is 2. The van der Waals surface area contributed by atoms with Crippen molar-refractivity contribution in [3.63, 3.8) is 0 Å². The average molecular weight is 298 g/mol. The minimum atomic E-state index is -0.108. The van der Waals surface area contributed by atoms with Crippen LogP contribution in [-0.4, -0.2) is 18.6 Å². The molecule has 0 aliphatic heterocycles. The standard InChI is InChI=1S/C18H22N2O2/c1-13(2)22-17-11-7-6-10-16(17)20-18(21)12-19-15-9-5-4-8-14(15)3/h4-11,13,19H,12H2,1-3H3,(H,20,21). The van der Waals surface area contributed by atoms with Gasteiger partial charge in [-0.1, -0.05) is 30.3 Å². The second-order valence-electron chi connectivity index (χ2n) is 5.38. The van der Waals surface area contributed by atoms with E-state index < -0.39 is 0 Å². The van der Waals surface area contributed by atoms with Crippen LogP contribution < -0.4 is 15.4 Å². The number of hydrogen-bond acceptors (Lipinski definition) is 3. The van der Waals surface area contributed by atoms with Gasteiger partial charge in [0.05, 0.1) is 18.3 Å². The third kappa shape index (κ3) is 4.52. The minimum Gasteiger partial charge on any atom is -0.489 e. The van der Waals surface area contributed by atoms with Crippen molar-refractivity contribution in [2.45, 2.75) is 26.9 Å². The fourth-order valence-corrected chi connectivity index (χ4v) is 2.07. The summed E-state index contributed by atoms with van der Waals surface area (Å²) >= 11 is 0. The van der Waals surface area contributed by atoms with Gasteiger partial charge in [-0.05, 0) is 44.5 Å². The van der Waals surface area contributed by atoms with Gasteiger partial charge in [-0.3, -0.25) is 4.79 Å². The monoisotopic (exact) mass is 298 g/mol. The number of carbonyl (C=O) groups is 1. The number of benzene rings is 2. The Hall–Kier alpha value is -2.49. The van der Waals surface area contributed by atoms with E-state index in [0.29, 0.717) is 11.4 Å². The lowest BCUT2D eigenvalue weighted by Crippen LogP contribution is -2.22. The van der Waals surface area contributed by atoms with Crippen molar-refractivity contribution in [2.24, 2.45) is 0 Å². The summed E-state index contributed by atoms with van der Waals surface area (Å²) in [5.74, 6) is 0.574. The highest BCUT2D eigenvalue weighted by Gasteiger charge is 2.09. The molecular weight excluding hydrogens is 276 g/mol. The molecule has 2 N–H and O–H groups in total. The lowest BCUT2D eigenvalue weighted by atomic mass is 10.2. The van der Waals surface area contributed by atoms with Crippen LogP contribution in [0.15, 0.2) is 48.5 Å². The first-order valence-electron chi connectivity index (χ1n) is 7.41. The molecule has 0 bridgehead atoms. The molecule has 0 aliphatic carbocycles. The number of hydrogen-bond donors (Lipinski definition) is 2. The predicted octanol–water partition coefficient (Wildman–Crippen LogP) is 3.83. The molecule has 2 aromatic rings. The van der Waals surface area contributed by atoms with E-state index in [1.807, 2.05) is 69.3 Å². The average Bonchev–Trinajstić information content (AvgIpc) is 2.48. The van der Waals surface area contributed by atoms with E-state index in [1.165, 1.54) is 0 Å². The van der Waals surface area contributed by atoms with Gasteiger partial charge in [0, 0.05) is 5.69 Å². The maximum atomic E-state index is 12.1. The molecule has 0 aromatic heterocycles. The molecule has 0 spiro atoms. The Kier molecular flexibility index (Phi) is 5.42. The van der Waals surface area contributed by atoms with E-state index in [4.69, 9.17) is 4.74 Å². The molecule has 116 valence electrons. The lowest BCUT2D eigenvalue weighted by Gasteiger charge is -2.15. The largest absolute Gasteiger partial charge is 0.489 e. The zero-order valence-corrected chi connectivity index (χ0v) is 13.2. The molecule has 2 rings (SSSR count). The summed E-state index contributed by atoms with van der Waals surface area (Å²) in [6, 6.07) is 15.3. The van der Waals surface area contributed by atoms with E-state index in [1.54, 1.807) is 0 Å². The van der Waals surface area contributed by atoms with Crippen molar-refractivity contribution >= 4 is 17.3 Å². The van der Waals surface area contributed by atoms with Gasteiger partial charge in [0.2, 0.25) is 5.91 Å². The zero-order valence-electron chi connectivity index (χ0n) is 13.2. The van der Waals surface area contributed by atoms with E-state index >= 15 is 0 Å². The van der Waals surface area contributed by atoms with E-state index in [2.05, 4.69) is 10.6 Å². The van der Waals surface area contributed by atoms with Crippen molar-refractivity contribution in [1.29, 1.82) is 0 Å². The molecule has 4 nitrogen and oxygen atoms in total. The van der Waals surface area contributed by atoms with Crippen LogP contribution in [0.1, 0.15) is 19.4 Å². The van der Waals surface area contributed by atoms with Crippen molar-refractivity contribution in [2.75, 3.05) is 17.2 Å². The first kappa shape index (κ1) is 15.9. The van der Waals surface area contributed by atoms with Crippen LogP contribution in [0, 0.1) is 6.92 Å². The summed E-state index contributed by atoms with van der Waals surface area (Å²) in [7, 11) is 0. The van der Waals surface area contributed by atoms with Gasteiger partial charge in [0.15, 0.2) is 0 Å². The normalized spacial score (nSPS) is 10.4. The Morgan fingerprint density at radius 2 is 1.68 bits per heavy atom. The van der Waals surface area contributed by atoms with Crippen LogP contribution in [-0.2, 0) is 4.79 Å². The summed E-state index contributed by atoms with van der Waals surface area (Å²) in [5, 5.41) is 6.02. The van der Waals surface area contributed by atoms with Crippen LogP contribution in [0.25, 0.3) is 0 Å². The Morgan fingerprint density at radius 1 is 1.05 bits per heavy atom. The van der Waals surface area contributed by atoms with Crippen LogP contribution in [0.4, 0.5) is 11.4 Å². The summed E-state index contributed by atoms with van der Waals surface area (Å²) in [6.07, 6.45) is 0.0585. The van der Waals surface area contributed by atoms with Gasteiger partial charge in [0.25, 0.3) is 0 Å². The third-order valence-corrected chi connectivity index (χ3v) is 3.11. The van der Waals surface area contributed by atoms with Gasteiger partial charge in [-0.25, -0.2) is 0 Å². The number of aryl methyl sites for hydroxylation is 1. The van der Waals surface area contributed by atoms with Gasteiger partial charge in [0.1, 0.15) is 5.75 Å². The van der Waals surface area contributed by atoms with Crippen LogP contribution in [0.3, 0.4) is 0 Å². The fourth-order valence-electron chi connectivity index (χ4n) is 2.07. The second kappa shape index (κ2) is 7.50. The molecule has 0 aliphatic rings. The number of nitrogens with one attached hydrogen (secondary N) is 2. The maximum Gasteiger partial charge on any atom is 0.243 e. The highest BCUT2D eigenvalue weighted by Crippen LogP contribution is 2.24. The van der Waals surface area contributed by atoms with E-state index in [9.17, 15) is 4.79 Å². The molecular formula is C18H22N2O2. The number of ether oxygens (including phenoxy) is 1. The molecule has 1 amide bonds. The number of amides is 1. The van der Waals surface area contributed by atoms with Gasteiger partial charge >= 0.3 is 0 Å². The topological polar surface area (TPSA) is 50.4 Å². The van der Waals surface area contributed by atoms with Crippen molar-refractivity contribution in [1.82, 2.24) is 0 Å². The first-order chi connectivity index (χ1) is 10.6. The molecule has 0 saturated carbocycles. The number of rotatable bonds is 6. The first-order valence-corrected chi connectivity index (χ1v) is 7.41. The molecule has 0 atom stereocenters. The Balaban J connectivity index is 1.96. The van der Waals surface area contributed by atoms with Crippen molar-refractivity contribution in [3.8, 4) is 5.75 Å². The van der Waals surface area contributed by atoms with Crippen molar-refractivity contribution in [3.05, 3.63) is 54.1 Å². The molecule has 2 aromatic carbocycles. The van der Waals surface area contributed by atoms with Crippen LogP contribution in [0.5, 0.6) is 5.75 Å². The van der Waals surface area contributed by atoms with E-state index in [-0.39, 0.29) is 18.6 Å². The number of para-hydroxylation sites is 3. The van der Waals surface area contributed by atoms with Crippen molar-refractivity contribution < 1.29 is 9.53 Å².